The van der Waals surface area contributed by atoms with Crippen molar-refractivity contribution in [1.29, 1.82) is 0 Å². The monoisotopic (exact) mass is 391 g/mol. The zero-order valence-electron chi connectivity index (χ0n) is 15.4. The first-order valence-electron chi connectivity index (χ1n) is 8.96. The number of esters is 1. The lowest BCUT2D eigenvalue weighted by molar-refractivity contribution is -0.152. The van der Waals surface area contributed by atoms with E-state index in [4.69, 9.17) is 9.47 Å². The molecule has 0 spiro atoms. The van der Waals surface area contributed by atoms with Gasteiger partial charge in [-0.3, -0.25) is 4.79 Å². The summed E-state index contributed by atoms with van der Waals surface area (Å²) in [6.07, 6.45) is 2.78. The number of nitrogens with zero attached hydrogens (tertiary/aromatic N) is 1. The van der Waals surface area contributed by atoms with Gasteiger partial charge in [0.05, 0.1) is 12.0 Å². The molecule has 28 heavy (non-hydrogen) atoms. The lowest BCUT2D eigenvalue weighted by atomic mass is 10.1. The van der Waals surface area contributed by atoms with E-state index in [1.165, 1.54) is 11.1 Å². The van der Waals surface area contributed by atoms with Crippen molar-refractivity contribution >= 4 is 34.0 Å². The summed E-state index contributed by atoms with van der Waals surface area (Å²) >= 11 is 1.70. The van der Waals surface area contributed by atoms with Gasteiger partial charge in [-0.05, 0) is 41.6 Å². The van der Waals surface area contributed by atoms with Crippen LogP contribution in [-0.2, 0) is 27.7 Å². The number of thiophene rings is 1. The van der Waals surface area contributed by atoms with Crippen LogP contribution in [0.4, 0.5) is 0 Å². The molecule has 0 fully saturated rings. The molecule has 1 aliphatic heterocycles. The van der Waals surface area contributed by atoms with E-state index in [-0.39, 0.29) is 5.78 Å². The minimum atomic E-state index is -0.765. The van der Waals surface area contributed by atoms with Crippen LogP contribution in [0.5, 0.6) is 0 Å². The summed E-state index contributed by atoms with van der Waals surface area (Å²) in [6, 6.07) is 10.4. The van der Waals surface area contributed by atoms with E-state index < -0.39 is 12.3 Å². The third-order valence-corrected chi connectivity index (χ3v) is 6.18. The van der Waals surface area contributed by atoms with Gasteiger partial charge >= 0.3 is 5.97 Å². The van der Waals surface area contributed by atoms with Gasteiger partial charge in [0, 0.05) is 46.5 Å². The highest BCUT2D eigenvalue weighted by atomic mass is 32.1. The number of carbonyl (C=O) groups is 2. The molecule has 1 unspecified atom stereocenters. The molecule has 140 valence electrons. The maximum Gasteiger partial charge on any atom is 0.336 e. The molecule has 0 amide bonds. The van der Waals surface area contributed by atoms with Gasteiger partial charge in [0.1, 0.15) is 0 Å². The van der Waals surface area contributed by atoms with E-state index in [0.717, 1.165) is 22.0 Å². The van der Waals surface area contributed by atoms with Gasteiger partial charge < -0.3 is 14.0 Å². The molecule has 3 heterocycles. The molecule has 2 aromatic heterocycles. The Morgan fingerprint density at radius 2 is 2.14 bits per heavy atom. The van der Waals surface area contributed by atoms with E-state index in [9.17, 15) is 9.59 Å². The van der Waals surface area contributed by atoms with Crippen LogP contribution in [0.3, 0.4) is 0 Å². The Morgan fingerprint density at radius 3 is 2.86 bits per heavy atom. The van der Waals surface area contributed by atoms with Gasteiger partial charge in [-0.2, -0.15) is 0 Å². The normalized spacial score (nSPS) is 20.0. The smallest absolute Gasteiger partial charge is 0.336 e. The number of fused-ring (bicyclic) bond motifs is 3. The van der Waals surface area contributed by atoms with Crippen LogP contribution < -0.4 is 0 Å². The first-order chi connectivity index (χ1) is 13.5. The summed E-state index contributed by atoms with van der Waals surface area (Å²) in [5, 5.41) is 3.14. The zero-order chi connectivity index (χ0) is 19.4. The first-order valence-corrected chi connectivity index (χ1v) is 9.84. The third-order valence-electron chi connectivity index (χ3n) is 5.26. The van der Waals surface area contributed by atoms with E-state index in [2.05, 4.69) is 29.6 Å². The number of hydrogen-bond acceptors (Lipinski definition) is 5. The number of rotatable bonds is 3. The molecule has 5 nitrogen and oxygen atoms in total. The Bertz CT molecular complexity index is 1200. The number of allylic oxidation sites excluding steroid dienone is 1. The maximum atomic E-state index is 12.9. The molecule has 5 rings (SSSR count). The molecule has 1 aromatic carbocycles. The summed E-state index contributed by atoms with van der Waals surface area (Å²) in [5.41, 5.74) is 4.99. The van der Waals surface area contributed by atoms with Crippen molar-refractivity contribution in [3.63, 3.8) is 0 Å². The first kappa shape index (κ1) is 17.0. The molecular formula is C22H17NO4S. The van der Waals surface area contributed by atoms with E-state index in [0.29, 0.717) is 23.3 Å². The largest absolute Gasteiger partial charge is 0.458 e. The molecular weight excluding hydrogens is 374 g/mol. The van der Waals surface area contributed by atoms with Crippen LogP contribution in [0, 0.1) is 0 Å². The standard InChI is InChI=1S/C22H17NO4S/c1-12-8-19(27-22(12)25)26-11-14-10-16-15-9-13(18-4-3-7-28-18)5-6-17(15)23(2)20(16)21(14)24/h3-9,11,19H,10H2,1-2H3/b14-11+. The Morgan fingerprint density at radius 1 is 1.29 bits per heavy atom. The SMILES string of the molecule is CC1=CC(O/C=C2\Cc3c(n(C)c4ccc(-c5cccs5)cc34)C2=O)OC1=O. The predicted octanol–water partition coefficient (Wildman–Crippen LogP) is 4.38. The van der Waals surface area contributed by atoms with Crippen LogP contribution in [-0.4, -0.2) is 22.6 Å². The topological polar surface area (TPSA) is 57.5 Å². The fraction of sp³-hybridized carbons (Fsp3) is 0.182. The molecule has 0 N–H and O–H groups in total. The Balaban J connectivity index is 1.50. The number of Topliss-reactive ketones (excluding diaryl/α,β-unsaturated/α-hetero) is 1. The summed E-state index contributed by atoms with van der Waals surface area (Å²) in [4.78, 5) is 25.6. The van der Waals surface area contributed by atoms with Crippen molar-refractivity contribution < 1.29 is 19.1 Å². The van der Waals surface area contributed by atoms with Crippen LogP contribution in [0.15, 0.2) is 59.2 Å². The number of aryl methyl sites for hydroxylation is 1. The van der Waals surface area contributed by atoms with Crippen LogP contribution in [0.25, 0.3) is 21.3 Å². The number of hydrogen-bond donors (Lipinski definition) is 0. The molecule has 2 aliphatic rings. The number of cyclic esters (lactones) is 1. The second-order valence-corrected chi connectivity index (χ2v) is 7.95. The van der Waals surface area contributed by atoms with Gasteiger partial charge in [0.25, 0.3) is 6.29 Å². The highest BCUT2D eigenvalue weighted by Gasteiger charge is 2.32. The number of ketones is 1. The molecule has 0 bridgehead atoms. The van der Waals surface area contributed by atoms with Crippen LogP contribution in [0.2, 0.25) is 0 Å². The van der Waals surface area contributed by atoms with E-state index in [1.807, 2.05) is 17.7 Å². The molecule has 1 atom stereocenters. The highest BCUT2D eigenvalue weighted by Crippen LogP contribution is 2.37. The molecule has 0 saturated carbocycles. The van der Waals surface area contributed by atoms with Gasteiger partial charge in [-0.1, -0.05) is 12.1 Å². The van der Waals surface area contributed by atoms with Crippen molar-refractivity contribution in [3.8, 4) is 10.4 Å². The van der Waals surface area contributed by atoms with Crippen LogP contribution >= 0.6 is 11.3 Å². The van der Waals surface area contributed by atoms with E-state index >= 15 is 0 Å². The Kier molecular flexibility index (Phi) is 3.77. The van der Waals surface area contributed by atoms with Crippen molar-refractivity contribution in [3.05, 3.63) is 70.5 Å². The highest BCUT2D eigenvalue weighted by molar-refractivity contribution is 7.13. The molecule has 6 heteroatoms. The quantitative estimate of drug-likeness (QED) is 0.378. The van der Waals surface area contributed by atoms with Crippen molar-refractivity contribution in [2.75, 3.05) is 0 Å². The molecule has 1 aliphatic carbocycles. The zero-order valence-corrected chi connectivity index (χ0v) is 16.2. The molecule has 3 aromatic rings. The summed E-state index contributed by atoms with van der Waals surface area (Å²) in [6.45, 7) is 1.67. The maximum absolute atomic E-state index is 12.9. The number of aromatic nitrogens is 1. The predicted molar refractivity (Wildman–Crippen MR) is 107 cm³/mol. The van der Waals surface area contributed by atoms with Crippen LogP contribution in [0.1, 0.15) is 23.0 Å². The Labute approximate surface area is 165 Å². The van der Waals surface area contributed by atoms with Crippen molar-refractivity contribution in [2.45, 2.75) is 19.6 Å². The average molecular weight is 391 g/mol. The third kappa shape index (κ3) is 2.52. The number of ether oxygens (including phenoxy) is 2. The van der Waals surface area contributed by atoms with Crippen molar-refractivity contribution in [1.82, 2.24) is 4.57 Å². The number of benzene rings is 1. The second-order valence-electron chi connectivity index (χ2n) is 7.00. The number of carbonyl (C=O) groups excluding carboxylic acids is 2. The summed E-state index contributed by atoms with van der Waals surface area (Å²) in [7, 11) is 1.92. The lowest BCUT2D eigenvalue weighted by Gasteiger charge is -2.08. The summed E-state index contributed by atoms with van der Waals surface area (Å²) < 4.78 is 12.5. The van der Waals surface area contributed by atoms with Gasteiger partial charge in [-0.25, -0.2) is 4.79 Å². The molecule has 0 saturated heterocycles. The minimum Gasteiger partial charge on any atom is -0.458 e. The van der Waals surface area contributed by atoms with Gasteiger partial charge in [0.15, 0.2) is 0 Å². The lowest BCUT2D eigenvalue weighted by Crippen LogP contribution is -2.11. The van der Waals surface area contributed by atoms with E-state index in [1.54, 1.807) is 24.3 Å². The fourth-order valence-electron chi connectivity index (χ4n) is 3.82. The minimum absolute atomic E-state index is 0.0450. The second kappa shape index (κ2) is 6.21. The van der Waals surface area contributed by atoms with Crippen molar-refractivity contribution in [2.24, 2.45) is 7.05 Å². The van der Waals surface area contributed by atoms with Gasteiger partial charge in [0.2, 0.25) is 5.78 Å². The molecule has 0 radical (unpaired) electrons. The summed E-state index contributed by atoms with van der Waals surface area (Å²) in [5.74, 6) is -0.437. The average Bonchev–Trinajstić information content (AvgIpc) is 3.43. The fourth-order valence-corrected chi connectivity index (χ4v) is 4.55. The Hall–Kier alpha value is -3.12. The van der Waals surface area contributed by atoms with Gasteiger partial charge in [-0.15, -0.1) is 11.3 Å².